The Kier molecular flexibility index (Phi) is 5.41. The highest BCUT2D eigenvalue weighted by Crippen LogP contribution is 2.19. The Bertz CT molecular complexity index is 518. The third-order valence-corrected chi connectivity index (χ3v) is 3.50. The number of nitrogens with one attached hydrogen (secondary N) is 1. The van der Waals surface area contributed by atoms with Crippen LogP contribution in [-0.2, 0) is 4.79 Å². The summed E-state index contributed by atoms with van der Waals surface area (Å²) in [6, 6.07) is 6.12. The summed E-state index contributed by atoms with van der Waals surface area (Å²) in [6.45, 7) is 1.14. The lowest BCUT2D eigenvalue weighted by atomic mass is 10.2. The van der Waals surface area contributed by atoms with E-state index in [1.165, 1.54) is 4.90 Å². The lowest BCUT2D eigenvalue weighted by Gasteiger charge is -2.30. The van der Waals surface area contributed by atoms with Crippen molar-refractivity contribution in [2.45, 2.75) is 19.3 Å². The van der Waals surface area contributed by atoms with Crippen LogP contribution in [0.5, 0.6) is 0 Å². The number of benzene rings is 1. The Morgan fingerprint density at radius 2 is 2.00 bits per heavy atom. The average molecular weight is 312 g/mol. The summed E-state index contributed by atoms with van der Waals surface area (Å²) < 4.78 is 0. The molecule has 0 aromatic heterocycles. The first-order valence-electron chi connectivity index (χ1n) is 6.87. The molecule has 21 heavy (non-hydrogen) atoms. The number of piperidine rings is 1. The third-order valence-electron chi connectivity index (χ3n) is 3.27. The van der Waals surface area contributed by atoms with Gasteiger partial charge < -0.3 is 5.11 Å². The summed E-state index contributed by atoms with van der Waals surface area (Å²) in [4.78, 5) is 24.5. The quantitative estimate of drug-likeness (QED) is 0.895. The number of carbonyl (C=O) groups excluding carboxylic acids is 1. The maximum atomic E-state index is 12.3. The third kappa shape index (κ3) is 4.61. The van der Waals surface area contributed by atoms with Crippen LogP contribution in [-0.4, -0.2) is 41.8 Å². The molecule has 114 valence electrons. The largest absolute Gasteiger partial charge is 0.480 e. The van der Waals surface area contributed by atoms with Crippen molar-refractivity contribution in [2.75, 3.05) is 24.5 Å². The van der Waals surface area contributed by atoms with E-state index in [1.807, 2.05) is 5.01 Å². The summed E-state index contributed by atoms with van der Waals surface area (Å²) in [5.41, 5.74) is 3.21. The molecule has 1 fully saturated rings. The molecule has 1 saturated heterocycles. The Hall–Kier alpha value is -1.79. The van der Waals surface area contributed by atoms with Gasteiger partial charge in [0.1, 0.15) is 6.54 Å². The van der Waals surface area contributed by atoms with Crippen molar-refractivity contribution < 1.29 is 14.7 Å². The molecule has 0 unspecified atom stereocenters. The topological polar surface area (TPSA) is 72.9 Å². The molecule has 1 aliphatic rings. The molecule has 1 aromatic rings. The van der Waals surface area contributed by atoms with Gasteiger partial charge in [0, 0.05) is 23.8 Å². The van der Waals surface area contributed by atoms with Crippen LogP contribution in [0.3, 0.4) is 0 Å². The SMILES string of the molecule is O=C(O)CN(C(=O)NN1CCCCC1)c1cccc(Cl)c1. The number of urea groups is 1. The van der Waals surface area contributed by atoms with Crippen LogP contribution in [0, 0.1) is 0 Å². The second kappa shape index (κ2) is 7.28. The molecular weight excluding hydrogens is 294 g/mol. The number of hydrogen-bond donors (Lipinski definition) is 2. The molecule has 1 heterocycles. The van der Waals surface area contributed by atoms with E-state index in [0.29, 0.717) is 10.7 Å². The zero-order valence-corrected chi connectivity index (χ0v) is 12.3. The van der Waals surface area contributed by atoms with Crippen molar-refractivity contribution in [3.05, 3.63) is 29.3 Å². The average Bonchev–Trinajstić information content (AvgIpc) is 2.45. The number of rotatable bonds is 4. The zero-order chi connectivity index (χ0) is 15.2. The predicted molar refractivity (Wildman–Crippen MR) is 80.4 cm³/mol. The number of hydrogen-bond acceptors (Lipinski definition) is 3. The van der Waals surface area contributed by atoms with Crippen molar-refractivity contribution in [1.82, 2.24) is 10.4 Å². The fourth-order valence-electron chi connectivity index (χ4n) is 2.26. The van der Waals surface area contributed by atoms with Gasteiger partial charge in [0.05, 0.1) is 0 Å². The zero-order valence-electron chi connectivity index (χ0n) is 11.6. The van der Waals surface area contributed by atoms with Gasteiger partial charge in [-0.05, 0) is 31.0 Å². The van der Waals surface area contributed by atoms with E-state index >= 15 is 0 Å². The first-order chi connectivity index (χ1) is 10.1. The summed E-state index contributed by atoms with van der Waals surface area (Å²) in [5, 5.41) is 11.3. The number of amides is 2. The second-order valence-corrected chi connectivity index (χ2v) is 5.36. The molecule has 6 nitrogen and oxygen atoms in total. The standard InChI is InChI=1S/C14H18ClN3O3/c15-11-5-4-6-12(9-11)18(10-13(19)20)14(21)16-17-7-2-1-3-8-17/h4-6,9H,1-3,7-8,10H2,(H,16,21)(H,19,20). The minimum Gasteiger partial charge on any atom is -0.480 e. The van der Waals surface area contributed by atoms with E-state index < -0.39 is 18.5 Å². The molecule has 0 saturated carbocycles. The van der Waals surface area contributed by atoms with Gasteiger partial charge in [-0.2, -0.15) is 0 Å². The number of carboxylic acid groups (broad SMARTS) is 1. The van der Waals surface area contributed by atoms with E-state index in [2.05, 4.69) is 5.43 Å². The minimum atomic E-state index is -1.08. The molecule has 0 bridgehead atoms. The normalized spacial score (nSPS) is 15.5. The first kappa shape index (κ1) is 15.6. The van der Waals surface area contributed by atoms with E-state index in [9.17, 15) is 9.59 Å². The van der Waals surface area contributed by atoms with Crippen molar-refractivity contribution in [3.8, 4) is 0 Å². The Balaban J connectivity index is 2.11. The van der Waals surface area contributed by atoms with Gasteiger partial charge in [-0.1, -0.05) is 24.1 Å². The summed E-state index contributed by atoms with van der Waals surface area (Å²) in [7, 11) is 0. The van der Waals surface area contributed by atoms with Gasteiger partial charge in [-0.15, -0.1) is 0 Å². The van der Waals surface area contributed by atoms with Gasteiger partial charge >= 0.3 is 12.0 Å². The van der Waals surface area contributed by atoms with E-state index in [4.69, 9.17) is 16.7 Å². The van der Waals surface area contributed by atoms with Crippen molar-refractivity contribution in [3.63, 3.8) is 0 Å². The lowest BCUT2D eigenvalue weighted by molar-refractivity contribution is -0.135. The maximum absolute atomic E-state index is 12.3. The number of aliphatic carboxylic acids is 1. The molecule has 2 N–H and O–H groups in total. The maximum Gasteiger partial charge on any atom is 0.336 e. The summed E-state index contributed by atoms with van der Waals surface area (Å²) in [6.07, 6.45) is 3.20. The van der Waals surface area contributed by atoms with Crippen molar-refractivity contribution in [1.29, 1.82) is 0 Å². The molecule has 1 aliphatic heterocycles. The van der Waals surface area contributed by atoms with Gasteiger partial charge in [0.25, 0.3) is 0 Å². The van der Waals surface area contributed by atoms with Crippen molar-refractivity contribution >= 4 is 29.3 Å². The fourth-order valence-corrected chi connectivity index (χ4v) is 2.45. The molecule has 0 aliphatic carbocycles. The Labute approximate surface area is 128 Å². The summed E-state index contributed by atoms with van der Waals surface area (Å²) >= 11 is 5.91. The van der Waals surface area contributed by atoms with Crippen LogP contribution in [0.1, 0.15) is 19.3 Å². The van der Waals surface area contributed by atoms with Crippen molar-refractivity contribution in [2.24, 2.45) is 0 Å². The molecule has 0 spiro atoms. The van der Waals surface area contributed by atoms with Crippen LogP contribution in [0.4, 0.5) is 10.5 Å². The van der Waals surface area contributed by atoms with Crippen LogP contribution >= 0.6 is 11.6 Å². The Morgan fingerprint density at radius 1 is 1.29 bits per heavy atom. The smallest absolute Gasteiger partial charge is 0.336 e. The number of halogens is 1. The number of carboxylic acids is 1. The van der Waals surface area contributed by atoms with Crippen LogP contribution in [0.25, 0.3) is 0 Å². The first-order valence-corrected chi connectivity index (χ1v) is 7.24. The minimum absolute atomic E-state index is 0.417. The predicted octanol–water partition coefficient (Wildman–Crippen LogP) is 2.34. The summed E-state index contributed by atoms with van der Waals surface area (Å²) in [5.74, 6) is -1.08. The number of hydrazine groups is 1. The van der Waals surface area contributed by atoms with E-state index in [1.54, 1.807) is 24.3 Å². The van der Waals surface area contributed by atoms with Crippen LogP contribution in [0.15, 0.2) is 24.3 Å². The van der Waals surface area contributed by atoms with Crippen LogP contribution < -0.4 is 10.3 Å². The Morgan fingerprint density at radius 3 is 2.62 bits per heavy atom. The van der Waals surface area contributed by atoms with E-state index in [-0.39, 0.29) is 0 Å². The van der Waals surface area contributed by atoms with Gasteiger partial charge in [-0.25, -0.2) is 9.80 Å². The van der Waals surface area contributed by atoms with Crippen LogP contribution in [0.2, 0.25) is 5.02 Å². The van der Waals surface area contributed by atoms with E-state index in [0.717, 1.165) is 32.4 Å². The molecule has 2 amide bonds. The number of carbonyl (C=O) groups is 2. The molecule has 1 aromatic carbocycles. The number of nitrogens with zero attached hydrogens (tertiary/aromatic N) is 2. The fraction of sp³-hybridized carbons (Fsp3) is 0.429. The molecule has 0 radical (unpaired) electrons. The number of anilines is 1. The van der Waals surface area contributed by atoms with Gasteiger partial charge in [0.2, 0.25) is 0 Å². The molecule has 7 heteroatoms. The van der Waals surface area contributed by atoms with Gasteiger partial charge in [-0.3, -0.25) is 15.1 Å². The van der Waals surface area contributed by atoms with Gasteiger partial charge in [0.15, 0.2) is 0 Å². The highest BCUT2D eigenvalue weighted by atomic mass is 35.5. The molecular formula is C14H18ClN3O3. The second-order valence-electron chi connectivity index (χ2n) is 4.92. The monoisotopic (exact) mass is 311 g/mol. The molecule has 2 rings (SSSR count). The highest BCUT2D eigenvalue weighted by molar-refractivity contribution is 6.30. The highest BCUT2D eigenvalue weighted by Gasteiger charge is 2.21. The molecule has 0 atom stereocenters. The lowest BCUT2D eigenvalue weighted by Crippen LogP contribution is -2.52.